The van der Waals surface area contributed by atoms with Crippen molar-refractivity contribution < 1.29 is 24.2 Å². The fourth-order valence-corrected chi connectivity index (χ4v) is 3.48. The SMILES string of the molecule is COC(=O)C1C2CC3C(OC(=O)C31)C2O. The average Bonchev–Trinajstić information content (AvgIpc) is 2.80. The second-order valence-corrected chi connectivity index (χ2v) is 4.53. The van der Waals surface area contributed by atoms with Gasteiger partial charge in [-0.3, -0.25) is 9.59 Å². The Morgan fingerprint density at radius 2 is 2.27 bits per heavy atom. The lowest BCUT2D eigenvalue weighted by Crippen LogP contribution is -2.41. The molecular weight excluding hydrogens is 200 g/mol. The molecule has 0 aromatic carbocycles. The Hall–Kier alpha value is -1.10. The lowest BCUT2D eigenvalue weighted by molar-refractivity contribution is -0.153. The maximum absolute atomic E-state index is 11.5. The third-order valence-corrected chi connectivity index (χ3v) is 4.05. The number of ether oxygens (including phenoxy) is 2. The van der Waals surface area contributed by atoms with E-state index < -0.39 is 18.0 Å². The van der Waals surface area contributed by atoms with Gasteiger partial charge in [-0.25, -0.2) is 0 Å². The molecule has 15 heavy (non-hydrogen) atoms. The highest BCUT2D eigenvalue weighted by Gasteiger charge is 2.68. The number of rotatable bonds is 1. The van der Waals surface area contributed by atoms with E-state index in [4.69, 9.17) is 4.74 Å². The molecule has 6 atom stereocenters. The highest BCUT2D eigenvalue weighted by atomic mass is 16.6. The van der Waals surface area contributed by atoms with Gasteiger partial charge in [0.25, 0.3) is 0 Å². The summed E-state index contributed by atoms with van der Waals surface area (Å²) in [7, 11) is 1.30. The first-order valence-electron chi connectivity index (χ1n) is 5.11. The van der Waals surface area contributed by atoms with Gasteiger partial charge < -0.3 is 14.6 Å². The van der Waals surface area contributed by atoms with Gasteiger partial charge in [0.15, 0.2) is 0 Å². The summed E-state index contributed by atoms with van der Waals surface area (Å²) in [4.78, 5) is 23.1. The summed E-state index contributed by atoms with van der Waals surface area (Å²) in [6.07, 6.45) is -0.377. The summed E-state index contributed by atoms with van der Waals surface area (Å²) in [5.74, 6) is -1.77. The van der Waals surface area contributed by atoms with E-state index in [0.29, 0.717) is 6.42 Å². The number of carbonyl (C=O) groups is 2. The molecule has 5 nitrogen and oxygen atoms in total. The molecule has 0 aromatic heterocycles. The fraction of sp³-hybridized carbons (Fsp3) is 0.800. The molecule has 2 aliphatic carbocycles. The number of methoxy groups -OCH3 is 1. The Kier molecular flexibility index (Phi) is 1.66. The first-order valence-corrected chi connectivity index (χ1v) is 5.11. The molecule has 0 aromatic rings. The Morgan fingerprint density at radius 1 is 1.53 bits per heavy atom. The lowest BCUT2D eigenvalue weighted by atomic mass is 9.78. The summed E-state index contributed by atoms with van der Waals surface area (Å²) in [6, 6.07) is 0. The maximum Gasteiger partial charge on any atom is 0.310 e. The van der Waals surface area contributed by atoms with Gasteiger partial charge in [-0.2, -0.15) is 0 Å². The van der Waals surface area contributed by atoms with Crippen LogP contribution in [0.2, 0.25) is 0 Å². The quantitative estimate of drug-likeness (QED) is 0.583. The number of aliphatic hydroxyl groups excluding tert-OH is 1. The third kappa shape index (κ3) is 0.916. The van der Waals surface area contributed by atoms with Crippen molar-refractivity contribution in [2.75, 3.05) is 7.11 Å². The Bertz CT molecular complexity index is 339. The molecule has 0 spiro atoms. The summed E-state index contributed by atoms with van der Waals surface area (Å²) in [5, 5.41) is 9.85. The van der Waals surface area contributed by atoms with Crippen molar-refractivity contribution >= 4 is 11.9 Å². The van der Waals surface area contributed by atoms with E-state index in [9.17, 15) is 14.7 Å². The highest BCUT2D eigenvalue weighted by Crippen LogP contribution is 2.57. The number of hydrogen-bond donors (Lipinski definition) is 1. The molecule has 5 heteroatoms. The Labute approximate surface area is 86.4 Å². The van der Waals surface area contributed by atoms with Crippen molar-refractivity contribution in [1.82, 2.24) is 0 Å². The number of esters is 2. The summed E-state index contributed by atoms with van der Waals surface area (Å²) in [6.45, 7) is 0. The second kappa shape index (κ2) is 2.72. The van der Waals surface area contributed by atoms with Crippen LogP contribution in [-0.2, 0) is 19.1 Å². The third-order valence-electron chi connectivity index (χ3n) is 4.05. The minimum absolute atomic E-state index is 0.0154. The molecule has 1 heterocycles. The van der Waals surface area contributed by atoms with Gasteiger partial charge in [-0.15, -0.1) is 0 Å². The highest BCUT2D eigenvalue weighted by molar-refractivity contribution is 5.86. The van der Waals surface area contributed by atoms with Gasteiger partial charge in [-0.05, 0) is 6.42 Å². The topological polar surface area (TPSA) is 72.8 Å². The predicted molar refractivity (Wildman–Crippen MR) is 46.5 cm³/mol. The summed E-state index contributed by atoms with van der Waals surface area (Å²) < 4.78 is 9.76. The van der Waals surface area contributed by atoms with E-state index in [2.05, 4.69) is 4.74 Å². The molecule has 3 aliphatic rings. The molecule has 3 fully saturated rings. The van der Waals surface area contributed by atoms with Gasteiger partial charge in [0.2, 0.25) is 0 Å². The van der Waals surface area contributed by atoms with Crippen LogP contribution in [-0.4, -0.2) is 36.4 Å². The summed E-state index contributed by atoms with van der Waals surface area (Å²) in [5.41, 5.74) is 0. The van der Waals surface area contributed by atoms with Crippen LogP contribution in [0.15, 0.2) is 0 Å². The average molecular weight is 212 g/mol. The minimum atomic E-state index is -0.693. The minimum Gasteiger partial charge on any atom is -0.469 e. The van der Waals surface area contributed by atoms with Crippen molar-refractivity contribution in [3.05, 3.63) is 0 Å². The monoisotopic (exact) mass is 212 g/mol. The molecule has 1 N–H and O–H groups in total. The van der Waals surface area contributed by atoms with Crippen LogP contribution in [0.25, 0.3) is 0 Å². The van der Waals surface area contributed by atoms with Gasteiger partial charge in [0, 0.05) is 11.8 Å². The molecular formula is C10H12O5. The van der Waals surface area contributed by atoms with E-state index >= 15 is 0 Å². The van der Waals surface area contributed by atoms with E-state index in [1.165, 1.54) is 7.11 Å². The molecule has 0 radical (unpaired) electrons. The standard InChI is InChI=1S/C10H12O5/c1-14-9(12)5-3-2-4-6(5)10(13)15-8(4)7(3)11/h3-8,11H,2H2,1H3. The molecule has 1 saturated heterocycles. The Balaban J connectivity index is 1.98. The van der Waals surface area contributed by atoms with Crippen molar-refractivity contribution in [2.24, 2.45) is 23.7 Å². The van der Waals surface area contributed by atoms with Crippen LogP contribution in [0.4, 0.5) is 0 Å². The largest absolute Gasteiger partial charge is 0.469 e. The first-order chi connectivity index (χ1) is 7.15. The molecule has 6 unspecified atom stereocenters. The zero-order valence-corrected chi connectivity index (χ0v) is 8.25. The van der Waals surface area contributed by atoms with Crippen molar-refractivity contribution in [1.29, 1.82) is 0 Å². The van der Waals surface area contributed by atoms with Crippen molar-refractivity contribution in [3.63, 3.8) is 0 Å². The van der Waals surface area contributed by atoms with Crippen molar-refractivity contribution in [2.45, 2.75) is 18.6 Å². The maximum atomic E-state index is 11.5. The predicted octanol–water partition coefficient (Wildman–Crippen LogP) is -0.672. The first kappa shape index (κ1) is 9.15. The normalized spacial score (nSPS) is 50.7. The zero-order valence-electron chi connectivity index (χ0n) is 8.25. The fourth-order valence-electron chi connectivity index (χ4n) is 3.48. The van der Waals surface area contributed by atoms with Gasteiger partial charge in [0.1, 0.15) is 6.10 Å². The number of aliphatic hydroxyl groups is 1. The zero-order chi connectivity index (χ0) is 10.7. The van der Waals surface area contributed by atoms with Crippen LogP contribution in [0.3, 0.4) is 0 Å². The molecule has 2 bridgehead atoms. The second-order valence-electron chi connectivity index (χ2n) is 4.53. The van der Waals surface area contributed by atoms with Crippen LogP contribution >= 0.6 is 0 Å². The number of carbonyl (C=O) groups excluding carboxylic acids is 2. The van der Waals surface area contributed by atoms with Gasteiger partial charge in [-0.1, -0.05) is 0 Å². The van der Waals surface area contributed by atoms with E-state index in [1.54, 1.807) is 0 Å². The summed E-state index contributed by atoms with van der Waals surface area (Å²) >= 11 is 0. The van der Waals surface area contributed by atoms with E-state index in [1.807, 2.05) is 0 Å². The molecule has 82 valence electrons. The van der Waals surface area contributed by atoms with Crippen molar-refractivity contribution in [3.8, 4) is 0 Å². The van der Waals surface area contributed by atoms with Crippen LogP contribution in [0.5, 0.6) is 0 Å². The molecule has 2 saturated carbocycles. The Morgan fingerprint density at radius 3 is 2.93 bits per heavy atom. The molecule has 0 amide bonds. The smallest absolute Gasteiger partial charge is 0.310 e. The molecule has 1 aliphatic heterocycles. The van der Waals surface area contributed by atoms with Gasteiger partial charge >= 0.3 is 11.9 Å². The number of hydrogen-bond acceptors (Lipinski definition) is 5. The van der Waals surface area contributed by atoms with Crippen LogP contribution in [0.1, 0.15) is 6.42 Å². The number of fused-ring (bicyclic) bond motifs is 1. The lowest BCUT2D eigenvalue weighted by Gasteiger charge is -2.26. The van der Waals surface area contributed by atoms with Crippen LogP contribution in [0, 0.1) is 23.7 Å². The van der Waals surface area contributed by atoms with E-state index in [-0.39, 0.29) is 29.8 Å². The van der Waals surface area contributed by atoms with E-state index in [0.717, 1.165) is 0 Å². The molecule has 3 rings (SSSR count). The van der Waals surface area contributed by atoms with Gasteiger partial charge in [0.05, 0.1) is 25.0 Å². The van der Waals surface area contributed by atoms with Crippen LogP contribution < -0.4 is 0 Å².